The summed E-state index contributed by atoms with van der Waals surface area (Å²) in [4.78, 5) is 15.6. The Labute approximate surface area is 146 Å². The van der Waals surface area contributed by atoms with Crippen molar-refractivity contribution in [3.63, 3.8) is 0 Å². The average Bonchev–Trinajstić information content (AvgIpc) is 2.60. The highest BCUT2D eigenvalue weighted by atomic mass is 19.4. The second-order valence-corrected chi connectivity index (χ2v) is 5.48. The normalized spacial score (nSPS) is 11.5. The number of para-hydroxylation sites is 1. The number of ether oxygens (including phenoxy) is 1. The Bertz CT molecular complexity index is 983. The summed E-state index contributed by atoms with van der Waals surface area (Å²) in [7, 11) is 0. The SMILES string of the molecule is CCOc1ccccc1-c1c(C(F)(F)F)c(C(=O)O)cc2cccnc12. The lowest BCUT2D eigenvalue weighted by molar-refractivity contribution is -0.137. The molecule has 0 aliphatic rings. The van der Waals surface area contributed by atoms with Gasteiger partial charge in [-0.15, -0.1) is 0 Å². The molecule has 0 saturated heterocycles. The van der Waals surface area contributed by atoms with Crippen LogP contribution in [0, 0.1) is 0 Å². The molecule has 0 atom stereocenters. The van der Waals surface area contributed by atoms with Crippen LogP contribution in [0.1, 0.15) is 22.8 Å². The first-order valence-corrected chi connectivity index (χ1v) is 7.79. The molecule has 1 aromatic heterocycles. The van der Waals surface area contributed by atoms with Gasteiger partial charge in [-0.3, -0.25) is 4.98 Å². The van der Waals surface area contributed by atoms with Crippen molar-refractivity contribution in [1.82, 2.24) is 4.98 Å². The molecule has 7 heteroatoms. The smallest absolute Gasteiger partial charge is 0.417 e. The minimum atomic E-state index is -4.88. The Kier molecular flexibility index (Phi) is 4.54. The Morgan fingerprint density at radius 2 is 1.92 bits per heavy atom. The first kappa shape index (κ1) is 17.7. The monoisotopic (exact) mass is 361 g/mol. The first-order chi connectivity index (χ1) is 12.3. The molecular weight excluding hydrogens is 347 g/mol. The van der Waals surface area contributed by atoms with Gasteiger partial charge in [0.15, 0.2) is 0 Å². The van der Waals surface area contributed by atoms with Crippen molar-refractivity contribution in [2.24, 2.45) is 0 Å². The summed E-state index contributed by atoms with van der Waals surface area (Å²) >= 11 is 0. The van der Waals surface area contributed by atoms with Crippen molar-refractivity contribution in [1.29, 1.82) is 0 Å². The molecule has 0 aliphatic carbocycles. The lowest BCUT2D eigenvalue weighted by atomic mass is 9.91. The molecule has 0 fully saturated rings. The highest BCUT2D eigenvalue weighted by molar-refractivity contribution is 6.04. The van der Waals surface area contributed by atoms with E-state index >= 15 is 0 Å². The topological polar surface area (TPSA) is 59.4 Å². The highest BCUT2D eigenvalue weighted by Gasteiger charge is 2.40. The van der Waals surface area contributed by atoms with Crippen molar-refractivity contribution >= 4 is 16.9 Å². The van der Waals surface area contributed by atoms with E-state index in [4.69, 9.17) is 4.74 Å². The maximum atomic E-state index is 13.9. The number of hydrogen-bond donors (Lipinski definition) is 1. The van der Waals surface area contributed by atoms with Crippen LogP contribution in [0.5, 0.6) is 5.75 Å². The van der Waals surface area contributed by atoms with E-state index < -0.39 is 23.3 Å². The van der Waals surface area contributed by atoms with E-state index in [1.165, 1.54) is 18.3 Å². The van der Waals surface area contributed by atoms with Crippen molar-refractivity contribution in [3.8, 4) is 16.9 Å². The molecule has 0 bridgehead atoms. The van der Waals surface area contributed by atoms with Crippen LogP contribution in [0.25, 0.3) is 22.0 Å². The fourth-order valence-corrected chi connectivity index (χ4v) is 2.90. The first-order valence-electron chi connectivity index (χ1n) is 7.79. The summed E-state index contributed by atoms with van der Waals surface area (Å²) in [6.07, 6.45) is -3.51. The van der Waals surface area contributed by atoms with Crippen LogP contribution in [0.3, 0.4) is 0 Å². The quantitative estimate of drug-likeness (QED) is 0.709. The second kappa shape index (κ2) is 6.67. The molecule has 134 valence electrons. The van der Waals surface area contributed by atoms with Crippen LogP contribution in [0.15, 0.2) is 48.7 Å². The average molecular weight is 361 g/mol. The molecule has 0 spiro atoms. The van der Waals surface area contributed by atoms with E-state index in [1.54, 1.807) is 31.2 Å². The van der Waals surface area contributed by atoms with Gasteiger partial charge in [-0.1, -0.05) is 24.3 Å². The minimum absolute atomic E-state index is 0.0666. The van der Waals surface area contributed by atoms with Gasteiger partial charge in [0.2, 0.25) is 0 Å². The maximum absolute atomic E-state index is 13.9. The third-order valence-corrected chi connectivity index (χ3v) is 3.87. The highest BCUT2D eigenvalue weighted by Crippen LogP contribution is 2.45. The van der Waals surface area contributed by atoms with E-state index in [1.807, 2.05) is 0 Å². The Balaban J connectivity index is 2.52. The van der Waals surface area contributed by atoms with Crippen LogP contribution in [-0.4, -0.2) is 22.7 Å². The third kappa shape index (κ3) is 3.08. The number of nitrogens with zero attached hydrogens (tertiary/aromatic N) is 1. The van der Waals surface area contributed by atoms with Gasteiger partial charge in [0.1, 0.15) is 5.75 Å². The fraction of sp³-hybridized carbons (Fsp3) is 0.158. The summed E-state index contributed by atoms with van der Waals surface area (Å²) in [5, 5.41) is 9.69. The largest absolute Gasteiger partial charge is 0.493 e. The van der Waals surface area contributed by atoms with Crippen LogP contribution < -0.4 is 4.74 Å². The standard InChI is InChI=1S/C19H14F3NO3/c1-2-26-14-8-4-3-7-12(14)15-16(19(20,21)22)13(18(24)25)10-11-6-5-9-23-17(11)15/h3-10H,2H2,1H3,(H,24,25). The van der Waals surface area contributed by atoms with Crippen LogP contribution in [-0.2, 0) is 6.18 Å². The Morgan fingerprint density at radius 1 is 1.19 bits per heavy atom. The maximum Gasteiger partial charge on any atom is 0.417 e. The number of aromatic carboxylic acids is 1. The van der Waals surface area contributed by atoms with Crippen LogP contribution in [0.4, 0.5) is 13.2 Å². The second-order valence-electron chi connectivity index (χ2n) is 5.48. The molecule has 0 saturated carbocycles. The summed E-state index contributed by atoms with van der Waals surface area (Å²) in [6.45, 7) is 1.97. The lowest BCUT2D eigenvalue weighted by Crippen LogP contribution is -2.15. The number of aromatic nitrogens is 1. The summed E-state index contributed by atoms with van der Waals surface area (Å²) < 4.78 is 47.1. The zero-order chi connectivity index (χ0) is 18.9. The molecule has 1 heterocycles. The number of carboxylic acid groups (broad SMARTS) is 1. The van der Waals surface area contributed by atoms with Crippen LogP contribution >= 0.6 is 0 Å². The summed E-state index contributed by atoms with van der Waals surface area (Å²) in [5.74, 6) is -1.42. The molecule has 0 unspecified atom stereocenters. The van der Waals surface area contributed by atoms with Crippen molar-refractivity contribution in [2.75, 3.05) is 6.61 Å². The minimum Gasteiger partial charge on any atom is -0.493 e. The molecule has 0 radical (unpaired) electrons. The van der Waals surface area contributed by atoms with Gasteiger partial charge >= 0.3 is 12.1 Å². The number of rotatable bonds is 4. The summed E-state index contributed by atoms with van der Waals surface area (Å²) in [5.41, 5.74) is -2.13. The molecule has 26 heavy (non-hydrogen) atoms. The van der Waals surface area contributed by atoms with Gasteiger partial charge in [-0.05, 0) is 25.1 Å². The van der Waals surface area contributed by atoms with E-state index in [0.29, 0.717) is 5.39 Å². The zero-order valence-corrected chi connectivity index (χ0v) is 13.7. The molecule has 2 aromatic carbocycles. The van der Waals surface area contributed by atoms with E-state index in [2.05, 4.69) is 4.98 Å². The molecule has 0 aliphatic heterocycles. The molecular formula is C19H14F3NO3. The van der Waals surface area contributed by atoms with Gasteiger partial charge in [-0.25, -0.2) is 4.79 Å². The third-order valence-electron chi connectivity index (χ3n) is 3.87. The fourth-order valence-electron chi connectivity index (χ4n) is 2.90. The lowest BCUT2D eigenvalue weighted by Gasteiger charge is -2.19. The van der Waals surface area contributed by atoms with Gasteiger partial charge in [0.25, 0.3) is 0 Å². The number of carbonyl (C=O) groups is 1. The van der Waals surface area contributed by atoms with Crippen molar-refractivity contribution < 1.29 is 27.8 Å². The Morgan fingerprint density at radius 3 is 2.58 bits per heavy atom. The van der Waals surface area contributed by atoms with E-state index in [-0.39, 0.29) is 29.0 Å². The number of fused-ring (bicyclic) bond motifs is 1. The van der Waals surface area contributed by atoms with Gasteiger partial charge in [0, 0.05) is 22.7 Å². The van der Waals surface area contributed by atoms with Gasteiger partial charge in [0.05, 0.1) is 23.3 Å². The Hall–Kier alpha value is -3.09. The predicted octanol–water partition coefficient (Wildman–Crippen LogP) is 5.02. The number of halogens is 3. The van der Waals surface area contributed by atoms with E-state index in [9.17, 15) is 23.1 Å². The number of hydrogen-bond acceptors (Lipinski definition) is 3. The number of carboxylic acids is 1. The molecule has 3 rings (SSSR count). The molecule has 0 amide bonds. The van der Waals surface area contributed by atoms with Crippen LogP contribution in [0.2, 0.25) is 0 Å². The number of pyridine rings is 1. The van der Waals surface area contributed by atoms with E-state index in [0.717, 1.165) is 6.07 Å². The number of alkyl halides is 3. The zero-order valence-electron chi connectivity index (χ0n) is 13.7. The summed E-state index contributed by atoms with van der Waals surface area (Å²) in [6, 6.07) is 10.3. The molecule has 4 nitrogen and oxygen atoms in total. The van der Waals surface area contributed by atoms with Gasteiger partial charge in [-0.2, -0.15) is 13.2 Å². The van der Waals surface area contributed by atoms with Gasteiger partial charge < -0.3 is 9.84 Å². The van der Waals surface area contributed by atoms with Crippen molar-refractivity contribution in [3.05, 3.63) is 59.8 Å². The van der Waals surface area contributed by atoms with Crippen molar-refractivity contribution in [2.45, 2.75) is 13.1 Å². The molecule has 1 N–H and O–H groups in total. The predicted molar refractivity (Wildman–Crippen MR) is 90.3 cm³/mol. The number of benzene rings is 2. The molecule has 3 aromatic rings.